The van der Waals surface area contributed by atoms with E-state index >= 15 is 0 Å². The number of hydrogen-bond donors (Lipinski definition) is 1. The molecule has 222 valence electrons. The normalized spacial score (nSPS) is 21.6. The summed E-state index contributed by atoms with van der Waals surface area (Å²) in [6.07, 6.45) is -4.30. The van der Waals surface area contributed by atoms with E-state index in [1.165, 1.54) is 4.90 Å². The van der Waals surface area contributed by atoms with Gasteiger partial charge in [-0.3, -0.25) is 4.90 Å². The van der Waals surface area contributed by atoms with Crippen molar-refractivity contribution < 1.29 is 28.8 Å². The minimum Gasteiger partial charge on any atom is -0.444 e. The van der Waals surface area contributed by atoms with Gasteiger partial charge >= 0.3 is 6.09 Å². The summed E-state index contributed by atoms with van der Waals surface area (Å²) in [4.78, 5) is 17.4. The Hall–Kier alpha value is -4.44. The van der Waals surface area contributed by atoms with Crippen LogP contribution in [0.4, 0.5) is 4.79 Å². The number of ether oxygens (including phenoxy) is 4. The van der Waals surface area contributed by atoms with Gasteiger partial charge in [-0.05, 0) is 46.0 Å². The molecule has 0 spiro atoms. The molecule has 43 heavy (non-hydrogen) atoms. The number of aliphatic hydroxyl groups excluding tert-OH is 1. The topological polar surface area (TPSA) is 126 Å². The van der Waals surface area contributed by atoms with Crippen LogP contribution >= 0.6 is 0 Å². The van der Waals surface area contributed by atoms with Gasteiger partial charge in [0.15, 0.2) is 6.29 Å². The maximum atomic E-state index is 13.1. The summed E-state index contributed by atoms with van der Waals surface area (Å²) in [7, 11) is 0. The minimum atomic E-state index is -1.21. The Bertz CT molecular complexity index is 1530. The first-order chi connectivity index (χ1) is 21.0. The lowest BCUT2D eigenvalue weighted by molar-refractivity contribution is -0.272. The molecule has 1 aliphatic heterocycles. The van der Waals surface area contributed by atoms with Crippen molar-refractivity contribution in [2.45, 2.75) is 57.3 Å². The zero-order chi connectivity index (χ0) is 30.0. The molecular weight excluding hydrogens is 548 g/mol. The van der Waals surface area contributed by atoms with Crippen LogP contribution in [0.1, 0.15) is 23.6 Å². The number of aliphatic hydroxyl groups is 1. The van der Waals surface area contributed by atoms with Crippen LogP contribution in [0.5, 0.6) is 0 Å². The Labute approximate surface area is 250 Å². The largest absolute Gasteiger partial charge is 0.444 e. The van der Waals surface area contributed by atoms with Crippen LogP contribution in [0.2, 0.25) is 0 Å². The molecule has 1 aliphatic rings. The van der Waals surface area contributed by atoms with Crippen molar-refractivity contribution in [2.75, 3.05) is 6.73 Å². The predicted octanol–water partition coefficient (Wildman–Crippen LogP) is 6.32. The fourth-order valence-corrected chi connectivity index (χ4v) is 5.02. The highest BCUT2D eigenvalue weighted by molar-refractivity contribution is 5.82. The van der Waals surface area contributed by atoms with Gasteiger partial charge in [0, 0.05) is 4.91 Å². The maximum Gasteiger partial charge on any atom is 0.412 e. The molecule has 0 radical (unpaired) electrons. The van der Waals surface area contributed by atoms with Crippen LogP contribution in [0.25, 0.3) is 21.2 Å². The number of amides is 1. The van der Waals surface area contributed by atoms with Gasteiger partial charge in [-0.15, -0.1) is 0 Å². The smallest absolute Gasteiger partial charge is 0.412 e. The van der Waals surface area contributed by atoms with E-state index < -0.39 is 36.7 Å². The minimum absolute atomic E-state index is 0.0955. The summed E-state index contributed by atoms with van der Waals surface area (Å²) in [5, 5.41) is 17.2. The number of nitrogens with zero attached hydrogens (tertiary/aromatic N) is 4. The molecule has 10 heteroatoms. The lowest BCUT2D eigenvalue weighted by Crippen LogP contribution is -2.58. The van der Waals surface area contributed by atoms with Gasteiger partial charge < -0.3 is 24.1 Å². The molecule has 5 atom stereocenters. The Balaban J connectivity index is 1.24. The van der Waals surface area contributed by atoms with Crippen LogP contribution in [0.15, 0.2) is 108 Å². The van der Waals surface area contributed by atoms with E-state index in [0.29, 0.717) is 0 Å². The predicted molar refractivity (Wildman–Crippen MR) is 160 cm³/mol. The standard InChI is InChI=1S/C33H34N4O6/c1-23-31(40-21-26-16-17-27-14-8-9-15-28(27)18-26)30(38)29(35-36-34)32(43-23)42-22-37(19-24-10-4-2-5-11-24)33(39)41-20-25-12-6-3-7-13-25/h2-18,23,29-32,38H,19-22H2,1H3/t23?,29?,30-,31+,32-/m1/s1. The van der Waals surface area contributed by atoms with E-state index in [0.717, 1.165) is 27.5 Å². The lowest BCUT2D eigenvalue weighted by atomic mass is 9.98. The van der Waals surface area contributed by atoms with Crippen LogP contribution in [-0.2, 0) is 38.7 Å². The van der Waals surface area contributed by atoms with Gasteiger partial charge in [0.25, 0.3) is 0 Å². The van der Waals surface area contributed by atoms with Gasteiger partial charge in [0.05, 0.1) is 25.4 Å². The number of carbonyl (C=O) groups excluding carboxylic acids is 1. The van der Waals surface area contributed by atoms with E-state index in [9.17, 15) is 15.4 Å². The molecule has 1 N–H and O–H groups in total. The third-order valence-electron chi connectivity index (χ3n) is 7.29. The lowest BCUT2D eigenvalue weighted by Gasteiger charge is -2.42. The van der Waals surface area contributed by atoms with E-state index in [-0.39, 0.29) is 26.5 Å². The second-order valence-corrected chi connectivity index (χ2v) is 10.4. The molecule has 1 fully saturated rings. The highest BCUT2D eigenvalue weighted by atomic mass is 16.7. The van der Waals surface area contributed by atoms with Gasteiger partial charge in [0.2, 0.25) is 0 Å². The van der Waals surface area contributed by atoms with Crippen molar-refractivity contribution in [1.29, 1.82) is 0 Å². The summed E-state index contributed by atoms with van der Waals surface area (Å²) in [6.45, 7) is 2.06. The van der Waals surface area contributed by atoms with Crippen molar-refractivity contribution in [3.8, 4) is 0 Å². The molecule has 0 saturated carbocycles. The van der Waals surface area contributed by atoms with Crippen LogP contribution in [-0.4, -0.2) is 53.5 Å². The third-order valence-corrected chi connectivity index (χ3v) is 7.29. The number of fused-ring (bicyclic) bond motifs is 1. The van der Waals surface area contributed by atoms with E-state index in [1.807, 2.05) is 103 Å². The van der Waals surface area contributed by atoms with E-state index in [1.54, 1.807) is 6.92 Å². The van der Waals surface area contributed by atoms with Crippen LogP contribution < -0.4 is 0 Å². The first-order valence-electron chi connectivity index (χ1n) is 14.1. The second kappa shape index (κ2) is 14.6. The Morgan fingerprint density at radius 2 is 1.56 bits per heavy atom. The summed E-state index contributed by atoms with van der Waals surface area (Å²) >= 11 is 0. The molecule has 4 aromatic carbocycles. The maximum absolute atomic E-state index is 13.1. The van der Waals surface area contributed by atoms with Crippen LogP contribution in [0.3, 0.4) is 0 Å². The van der Waals surface area contributed by atoms with Gasteiger partial charge in [-0.1, -0.05) is 102 Å². The van der Waals surface area contributed by atoms with Crippen molar-refractivity contribution in [3.05, 3.63) is 130 Å². The van der Waals surface area contributed by atoms with Gasteiger partial charge in [-0.2, -0.15) is 0 Å². The molecular formula is C33H34N4O6. The van der Waals surface area contributed by atoms with Crippen molar-refractivity contribution in [3.63, 3.8) is 0 Å². The monoisotopic (exact) mass is 582 g/mol. The third kappa shape index (κ3) is 7.90. The quantitative estimate of drug-likeness (QED) is 0.0954. The molecule has 10 nitrogen and oxygen atoms in total. The molecule has 2 unspecified atom stereocenters. The Kier molecular flexibility index (Phi) is 10.2. The molecule has 1 saturated heterocycles. The number of hydrogen-bond acceptors (Lipinski definition) is 7. The highest BCUT2D eigenvalue weighted by Crippen LogP contribution is 2.28. The fraction of sp³-hybridized carbons (Fsp3) is 0.303. The molecule has 1 amide bonds. The fourth-order valence-electron chi connectivity index (χ4n) is 5.02. The summed E-state index contributed by atoms with van der Waals surface area (Å²) in [6, 6.07) is 31.7. The first kappa shape index (κ1) is 30.0. The molecule has 4 aromatic rings. The average Bonchev–Trinajstić information content (AvgIpc) is 3.04. The number of rotatable bonds is 11. The number of benzene rings is 4. The van der Waals surface area contributed by atoms with Crippen molar-refractivity contribution in [1.82, 2.24) is 4.90 Å². The summed E-state index contributed by atoms with van der Waals surface area (Å²) in [5.74, 6) is 0. The number of azide groups is 1. The van der Waals surface area contributed by atoms with Crippen molar-refractivity contribution in [2.24, 2.45) is 5.11 Å². The highest BCUT2D eigenvalue weighted by Gasteiger charge is 2.45. The first-order valence-corrected chi connectivity index (χ1v) is 14.1. The molecule has 0 bridgehead atoms. The SMILES string of the molecule is CC1O[C@@H](OCN(Cc2ccccc2)C(=O)OCc2ccccc2)C(N=[N+]=[N-])[C@@H](O)[C@H]1OCc1ccc2ccccc2c1. The number of carbonyl (C=O) groups is 1. The molecule has 5 rings (SSSR count). The average molecular weight is 583 g/mol. The molecule has 1 heterocycles. The van der Waals surface area contributed by atoms with E-state index in [2.05, 4.69) is 10.0 Å². The molecule has 0 aliphatic carbocycles. The zero-order valence-corrected chi connectivity index (χ0v) is 23.8. The van der Waals surface area contributed by atoms with Gasteiger partial charge in [0.1, 0.15) is 25.5 Å². The van der Waals surface area contributed by atoms with Gasteiger partial charge in [-0.25, -0.2) is 4.79 Å². The van der Waals surface area contributed by atoms with E-state index in [4.69, 9.17) is 18.9 Å². The van der Waals surface area contributed by atoms with Crippen molar-refractivity contribution >= 4 is 16.9 Å². The summed E-state index contributed by atoms with van der Waals surface area (Å²) in [5.41, 5.74) is 11.9. The molecule has 0 aromatic heterocycles. The summed E-state index contributed by atoms with van der Waals surface area (Å²) < 4.78 is 23.7. The Morgan fingerprint density at radius 1 is 0.884 bits per heavy atom. The van der Waals surface area contributed by atoms with Crippen LogP contribution in [0, 0.1) is 0 Å². The second-order valence-electron chi connectivity index (χ2n) is 10.4. The zero-order valence-electron chi connectivity index (χ0n) is 23.8. The Morgan fingerprint density at radius 3 is 2.28 bits per heavy atom.